The van der Waals surface area contributed by atoms with Gasteiger partial charge in [-0.3, -0.25) is 0 Å². The third-order valence-corrected chi connectivity index (χ3v) is 7.37. The van der Waals surface area contributed by atoms with Crippen molar-refractivity contribution in [2.45, 2.75) is 33.1 Å². The number of thiazole rings is 3. The second kappa shape index (κ2) is 6.82. The van der Waals surface area contributed by atoms with E-state index < -0.39 is 0 Å². The molecule has 4 nitrogen and oxygen atoms in total. The highest BCUT2D eigenvalue weighted by Gasteiger charge is 2.12. The summed E-state index contributed by atoms with van der Waals surface area (Å²) in [4.78, 5) is 14.1. The molecule has 0 atom stereocenters. The van der Waals surface area contributed by atoms with Gasteiger partial charge in [0.15, 0.2) is 10.3 Å². The number of hydrogen-bond donors (Lipinski definition) is 1. The van der Waals surface area contributed by atoms with Gasteiger partial charge in [0.05, 0.1) is 30.1 Å². The number of fused-ring (bicyclic) bond motifs is 4. The van der Waals surface area contributed by atoms with E-state index in [-0.39, 0.29) is 0 Å². The maximum Gasteiger partial charge on any atom is 0.190 e. The van der Waals surface area contributed by atoms with Gasteiger partial charge in [0.1, 0.15) is 5.52 Å². The van der Waals surface area contributed by atoms with E-state index >= 15 is 0 Å². The van der Waals surface area contributed by atoms with Crippen LogP contribution >= 0.6 is 34.0 Å². The molecule has 5 rings (SSSR count). The minimum absolute atomic E-state index is 0.869. The highest BCUT2D eigenvalue weighted by atomic mass is 32.1. The molecule has 0 saturated heterocycles. The summed E-state index contributed by atoms with van der Waals surface area (Å²) in [5.41, 5.74) is 4.48. The van der Waals surface area contributed by atoms with E-state index in [1.807, 2.05) is 6.92 Å². The van der Waals surface area contributed by atoms with E-state index in [1.54, 1.807) is 34.0 Å². The van der Waals surface area contributed by atoms with Crippen LogP contribution in [0.15, 0.2) is 30.3 Å². The number of anilines is 2. The molecule has 27 heavy (non-hydrogen) atoms. The molecule has 7 heteroatoms. The van der Waals surface area contributed by atoms with Gasteiger partial charge in [-0.05, 0) is 49.6 Å². The third-order valence-electron chi connectivity index (χ3n) is 4.51. The summed E-state index contributed by atoms with van der Waals surface area (Å²) < 4.78 is 3.59. The largest absolute Gasteiger partial charge is 0.307 e. The number of nitrogens with zero attached hydrogens (tertiary/aromatic N) is 3. The second-order valence-corrected chi connectivity index (χ2v) is 9.83. The Morgan fingerprint density at radius 1 is 0.889 bits per heavy atom. The van der Waals surface area contributed by atoms with Crippen molar-refractivity contribution in [3.63, 3.8) is 0 Å². The highest BCUT2D eigenvalue weighted by Crippen LogP contribution is 2.37. The van der Waals surface area contributed by atoms with Crippen LogP contribution in [0.5, 0.6) is 0 Å². The van der Waals surface area contributed by atoms with Gasteiger partial charge in [-0.15, -0.1) is 11.3 Å². The number of unbranched alkanes of at least 4 members (excludes halogenated alkanes) is 1. The molecule has 0 radical (unpaired) electrons. The predicted molar refractivity (Wildman–Crippen MR) is 119 cm³/mol. The lowest BCUT2D eigenvalue weighted by molar-refractivity contribution is 0.796. The Kier molecular flexibility index (Phi) is 4.30. The lowest BCUT2D eigenvalue weighted by Gasteiger charge is -1.98. The Labute approximate surface area is 168 Å². The molecule has 5 aromatic rings. The molecule has 0 spiro atoms. The van der Waals surface area contributed by atoms with Crippen LogP contribution in [0, 0.1) is 6.92 Å². The molecule has 0 aliphatic heterocycles. The second-order valence-electron chi connectivity index (χ2n) is 6.56. The lowest BCUT2D eigenvalue weighted by atomic mass is 10.1. The molecule has 3 aromatic heterocycles. The van der Waals surface area contributed by atoms with Gasteiger partial charge in [-0.25, -0.2) is 15.0 Å². The molecule has 136 valence electrons. The number of aryl methyl sites for hydroxylation is 2. The Morgan fingerprint density at radius 3 is 2.59 bits per heavy atom. The molecule has 2 aromatic carbocycles. The Bertz CT molecular complexity index is 1260. The fourth-order valence-corrected chi connectivity index (χ4v) is 6.04. The van der Waals surface area contributed by atoms with Crippen LogP contribution in [-0.4, -0.2) is 15.0 Å². The molecule has 0 bridgehead atoms. The van der Waals surface area contributed by atoms with Crippen molar-refractivity contribution in [1.29, 1.82) is 0 Å². The molecule has 1 N–H and O–H groups in total. The summed E-state index contributed by atoms with van der Waals surface area (Å²) in [6.07, 6.45) is 3.58. The normalized spacial score (nSPS) is 11.8. The van der Waals surface area contributed by atoms with Crippen molar-refractivity contribution in [3.8, 4) is 0 Å². The summed E-state index contributed by atoms with van der Waals surface area (Å²) in [6.45, 7) is 4.28. The van der Waals surface area contributed by atoms with Crippen LogP contribution in [0.4, 0.5) is 10.3 Å². The van der Waals surface area contributed by atoms with E-state index in [9.17, 15) is 0 Å². The quantitative estimate of drug-likeness (QED) is 0.342. The molecular weight excluding hydrogens is 392 g/mol. The number of hydrogen-bond acceptors (Lipinski definition) is 7. The molecule has 0 aliphatic carbocycles. The predicted octanol–water partition coefficient (Wildman–Crippen LogP) is 6.91. The zero-order valence-electron chi connectivity index (χ0n) is 15.1. The van der Waals surface area contributed by atoms with Crippen LogP contribution in [0.1, 0.15) is 30.3 Å². The van der Waals surface area contributed by atoms with Gasteiger partial charge in [0.25, 0.3) is 0 Å². The van der Waals surface area contributed by atoms with Crippen LogP contribution < -0.4 is 5.32 Å². The standard InChI is InChI=1S/C20H18N4S3/c1-3-4-5-12-6-7-13-16(10-12)26-19(22-13)24-20-23-14-8-9-15-17(18(14)27-20)21-11(2)25-15/h6-10H,3-5H2,1-2H3,(H,22,23,24). The van der Waals surface area contributed by atoms with Gasteiger partial charge in [0.2, 0.25) is 0 Å². The molecule has 0 fully saturated rings. The Balaban J connectivity index is 1.48. The van der Waals surface area contributed by atoms with Crippen LogP contribution in [0.25, 0.3) is 30.6 Å². The molecular formula is C20H18N4S3. The number of benzene rings is 2. The van der Waals surface area contributed by atoms with Gasteiger partial charge in [0, 0.05) is 0 Å². The average Bonchev–Trinajstić information content (AvgIpc) is 3.34. The van der Waals surface area contributed by atoms with E-state index in [0.717, 1.165) is 42.9 Å². The first-order valence-electron chi connectivity index (χ1n) is 9.03. The smallest absolute Gasteiger partial charge is 0.190 e. The molecule has 0 saturated carbocycles. The van der Waals surface area contributed by atoms with Crippen molar-refractivity contribution >= 4 is 74.9 Å². The first-order valence-corrected chi connectivity index (χ1v) is 11.5. The zero-order valence-corrected chi connectivity index (χ0v) is 17.5. The van der Waals surface area contributed by atoms with Crippen LogP contribution in [-0.2, 0) is 6.42 Å². The van der Waals surface area contributed by atoms with Gasteiger partial charge in [-0.2, -0.15) is 0 Å². The maximum atomic E-state index is 4.73. The van der Waals surface area contributed by atoms with Crippen molar-refractivity contribution in [3.05, 3.63) is 40.9 Å². The summed E-state index contributed by atoms with van der Waals surface area (Å²) in [7, 11) is 0. The summed E-state index contributed by atoms with van der Waals surface area (Å²) in [5.74, 6) is 0. The maximum absolute atomic E-state index is 4.73. The summed E-state index contributed by atoms with van der Waals surface area (Å²) >= 11 is 5.06. The highest BCUT2D eigenvalue weighted by molar-refractivity contribution is 7.25. The minimum Gasteiger partial charge on any atom is -0.307 e. The molecule has 0 amide bonds. The fraction of sp³-hybridized carbons (Fsp3) is 0.250. The topological polar surface area (TPSA) is 50.7 Å². The van der Waals surface area contributed by atoms with Gasteiger partial charge < -0.3 is 5.32 Å². The molecule has 0 aliphatic rings. The van der Waals surface area contributed by atoms with Crippen molar-refractivity contribution in [2.75, 3.05) is 5.32 Å². The lowest BCUT2D eigenvalue weighted by Crippen LogP contribution is -1.87. The average molecular weight is 411 g/mol. The molecule has 3 heterocycles. The van der Waals surface area contributed by atoms with Crippen LogP contribution in [0.3, 0.4) is 0 Å². The van der Waals surface area contributed by atoms with E-state index in [0.29, 0.717) is 0 Å². The van der Waals surface area contributed by atoms with Gasteiger partial charge in [-0.1, -0.05) is 42.1 Å². The zero-order chi connectivity index (χ0) is 18.4. The Hall–Kier alpha value is -2.09. The summed E-state index contributed by atoms with van der Waals surface area (Å²) in [5, 5.41) is 6.26. The monoisotopic (exact) mass is 410 g/mol. The number of nitrogens with one attached hydrogen (secondary N) is 1. The van der Waals surface area contributed by atoms with Crippen molar-refractivity contribution in [2.24, 2.45) is 0 Å². The first-order chi connectivity index (χ1) is 13.2. The van der Waals surface area contributed by atoms with E-state index in [2.05, 4.69) is 47.6 Å². The SMILES string of the molecule is CCCCc1ccc2nc(Nc3nc4ccc5sc(C)nc5c4s3)sc2c1. The van der Waals surface area contributed by atoms with Crippen molar-refractivity contribution < 1.29 is 0 Å². The fourth-order valence-electron chi connectivity index (χ4n) is 3.19. The molecule has 0 unspecified atom stereocenters. The van der Waals surface area contributed by atoms with Gasteiger partial charge >= 0.3 is 0 Å². The van der Waals surface area contributed by atoms with E-state index in [4.69, 9.17) is 9.97 Å². The first kappa shape index (κ1) is 17.0. The van der Waals surface area contributed by atoms with E-state index in [1.165, 1.54) is 27.8 Å². The number of aromatic nitrogens is 3. The van der Waals surface area contributed by atoms with Crippen molar-refractivity contribution in [1.82, 2.24) is 15.0 Å². The number of rotatable bonds is 5. The Morgan fingerprint density at radius 2 is 1.70 bits per heavy atom. The summed E-state index contributed by atoms with van der Waals surface area (Å²) in [6, 6.07) is 10.8. The van der Waals surface area contributed by atoms with Crippen LogP contribution in [0.2, 0.25) is 0 Å². The minimum atomic E-state index is 0.869. The third kappa shape index (κ3) is 3.20.